The Kier molecular flexibility index (Phi) is 5.22. The Morgan fingerprint density at radius 2 is 1.81 bits per heavy atom. The van der Waals surface area contributed by atoms with Crippen molar-refractivity contribution in [2.24, 2.45) is 0 Å². The number of halogens is 1. The van der Waals surface area contributed by atoms with Crippen LogP contribution in [0.1, 0.15) is 23.7 Å². The standard InChI is InChI=1S/C15H19BrN2O3/c1-11(19)17-6-3-7-18(9-8-17)15(20)13-10-12(21-2)4-5-14(13)16/h4-5,10H,3,6-9H2,1-2H3. The first kappa shape index (κ1) is 15.8. The molecule has 0 spiro atoms. The van der Waals surface area contributed by atoms with E-state index in [1.165, 1.54) is 0 Å². The molecule has 0 bridgehead atoms. The molecule has 0 saturated carbocycles. The molecule has 6 heteroatoms. The molecule has 1 aliphatic heterocycles. The van der Waals surface area contributed by atoms with Gasteiger partial charge in [0.25, 0.3) is 5.91 Å². The number of ether oxygens (including phenoxy) is 1. The van der Waals surface area contributed by atoms with E-state index in [1.54, 1.807) is 36.0 Å². The number of amides is 2. The second-order valence-corrected chi connectivity index (χ2v) is 5.85. The Hall–Kier alpha value is -1.56. The smallest absolute Gasteiger partial charge is 0.255 e. The lowest BCUT2D eigenvalue weighted by molar-refractivity contribution is -0.128. The number of hydrogen-bond acceptors (Lipinski definition) is 3. The van der Waals surface area contributed by atoms with E-state index in [0.717, 1.165) is 10.9 Å². The first-order chi connectivity index (χ1) is 10.0. The summed E-state index contributed by atoms with van der Waals surface area (Å²) >= 11 is 3.41. The third-order valence-corrected chi connectivity index (χ3v) is 4.32. The Bertz CT molecular complexity index is 548. The fraction of sp³-hybridized carbons (Fsp3) is 0.467. The minimum absolute atomic E-state index is 0.0359. The van der Waals surface area contributed by atoms with Crippen LogP contribution in [0.2, 0.25) is 0 Å². The third-order valence-electron chi connectivity index (χ3n) is 3.63. The van der Waals surface area contributed by atoms with Gasteiger partial charge in [-0.15, -0.1) is 0 Å². The van der Waals surface area contributed by atoms with Gasteiger partial charge in [0.1, 0.15) is 5.75 Å². The molecule has 0 N–H and O–H groups in total. The topological polar surface area (TPSA) is 49.9 Å². The fourth-order valence-corrected chi connectivity index (χ4v) is 2.82. The van der Waals surface area contributed by atoms with Crippen LogP contribution in [0.15, 0.2) is 22.7 Å². The number of nitrogens with zero attached hydrogens (tertiary/aromatic N) is 2. The molecule has 0 radical (unpaired) electrons. The summed E-state index contributed by atoms with van der Waals surface area (Å²) in [7, 11) is 1.58. The summed E-state index contributed by atoms with van der Waals surface area (Å²) < 4.78 is 5.93. The van der Waals surface area contributed by atoms with Crippen molar-refractivity contribution in [1.82, 2.24) is 9.80 Å². The highest BCUT2D eigenvalue weighted by Crippen LogP contribution is 2.24. The third kappa shape index (κ3) is 3.75. The summed E-state index contributed by atoms with van der Waals surface area (Å²) in [4.78, 5) is 27.7. The van der Waals surface area contributed by atoms with Crippen LogP contribution in [0, 0.1) is 0 Å². The molecule has 1 aromatic rings. The van der Waals surface area contributed by atoms with Gasteiger partial charge in [0.05, 0.1) is 12.7 Å². The number of methoxy groups -OCH3 is 1. The molecule has 5 nitrogen and oxygen atoms in total. The minimum atomic E-state index is -0.0359. The van der Waals surface area contributed by atoms with Crippen molar-refractivity contribution in [3.05, 3.63) is 28.2 Å². The lowest BCUT2D eigenvalue weighted by Gasteiger charge is -2.22. The molecule has 114 valence electrons. The van der Waals surface area contributed by atoms with Crippen molar-refractivity contribution in [2.45, 2.75) is 13.3 Å². The van der Waals surface area contributed by atoms with Gasteiger partial charge in [0.2, 0.25) is 5.91 Å². The van der Waals surface area contributed by atoms with Crippen LogP contribution < -0.4 is 4.74 Å². The van der Waals surface area contributed by atoms with Gasteiger partial charge >= 0.3 is 0 Å². The Balaban J connectivity index is 2.14. The van der Waals surface area contributed by atoms with Gasteiger partial charge in [-0.2, -0.15) is 0 Å². The van der Waals surface area contributed by atoms with Crippen molar-refractivity contribution in [2.75, 3.05) is 33.3 Å². The molecule has 1 aromatic carbocycles. The quantitative estimate of drug-likeness (QED) is 0.817. The molecule has 2 rings (SSSR count). The summed E-state index contributed by atoms with van der Waals surface area (Å²) in [5, 5.41) is 0. The van der Waals surface area contributed by atoms with E-state index in [-0.39, 0.29) is 11.8 Å². The van der Waals surface area contributed by atoms with Gasteiger partial charge in [-0.05, 0) is 40.5 Å². The van der Waals surface area contributed by atoms with Gasteiger partial charge in [-0.25, -0.2) is 0 Å². The van der Waals surface area contributed by atoms with Gasteiger partial charge in [0.15, 0.2) is 0 Å². The molecule has 1 heterocycles. The van der Waals surface area contributed by atoms with Crippen molar-refractivity contribution >= 4 is 27.7 Å². The molecule has 2 amide bonds. The predicted molar refractivity (Wildman–Crippen MR) is 83.5 cm³/mol. The lowest BCUT2D eigenvalue weighted by atomic mass is 10.2. The zero-order valence-electron chi connectivity index (χ0n) is 12.3. The first-order valence-corrected chi connectivity index (χ1v) is 7.70. The summed E-state index contributed by atoms with van der Waals surface area (Å²) in [6.45, 7) is 4.07. The van der Waals surface area contributed by atoms with Crippen LogP contribution in [0.5, 0.6) is 5.75 Å². The molecular weight excluding hydrogens is 336 g/mol. The summed E-state index contributed by atoms with van der Waals surface area (Å²) in [6, 6.07) is 5.35. The van der Waals surface area contributed by atoms with E-state index < -0.39 is 0 Å². The number of benzene rings is 1. The van der Waals surface area contributed by atoms with Crippen LogP contribution >= 0.6 is 15.9 Å². The van der Waals surface area contributed by atoms with Crippen molar-refractivity contribution in [3.63, 3.8) is 0 Å². The van der Waals surface area contributed by atoms with Crippen molar-refractivity contribution < 1.29 is 14.3 Å². The van der Waals surface area contributed by atoms with Gasteiger partial charge in [0, 0.05) is 37.6 Å². The van der Waals surface area contributed by atoms with E-state index in [4.69, 9.17) is 4.74 Å². The summed E-state index contributed by atoms with van der Waals surface area (Å²) in [5.41, 5.74) is 0.589. The summed E-state index contributed by atoms with van der Waals surface area (Å²) in [5.74, 6) is 0.680. The van der Waals surface area contributed by atoms with Crippen LogP contribution in [0.4, 0.5) is 0 Å². The molecule has 0 aliphatic carbocycles. The lowest BCUT2D eigenvalue weighted by Crippen LogP contribution is -2.36. The normalized spacial score (nSPS) is 15.6. The first-order valence-electron chi connectivity index (χ1n) is 6.91. The summed E-state index contributed by atoms with van der Waals surface area (Å²) in [6.07, 6.45) is 0.799. The van der Waals surface area contributed by atoms with E-state index in [0.29, 0.717) is 37.5 Å². The van der Waals surface area contributed by atoms with Crippen molar-refractivity contribution in [1.29, 1.82) is 0 Å². The number of carbonyl (C=O) groups excluding carboxylic acids is 2. The largest absolute Gasteiger partial charge is 0.497 e. The monoisotopic (exact) mass is 354 g/mol. The number of rotatable bonds is 2. The Morgan fingerprint density at radius 1 is 1.14 bits per heavy atom. The molecular formula is C15H19BrN2O3. The van der Waals surface area contributed by atoms with Crippen LogP contribution in [-0.2, 0) is 4.79 Å². The Labute approximate surface area is 133 Å². The van der Waals surface area contributed by atoms with E-state index >= 15 is 0 Å². The average Bonchev–Trinajstić information content (AvgIpc) is 2.73. The highest BCUT2D eigenvalue weighted by atomic mass is 79.9. The molecule has 0 unspecified atom stereocenters. The van der Waals surface area contributed by atoms with Gasteiger partial charge in [-0.3, -0.25) is 9.59 Å². The predicted octanol–water partition coefficient (Wildman–Crippen LogP) is 2.15. The highest BCUT2D eigenvalue weighted by molar-refractivity contribution is 9.10. The number of hydrogen-bond donors (Lipinski definition) is 0. The molecule has 1 fully saturated rings. The SMILES string of the molecule is COc1ccc(Br)c(C(=O)N2CCCN(C(C)=O)CC2)c1. The zero-order chi connectivity index (χ0) is 15.4. The van der Waals surface area contributed by atoms with Crippen molar-refractivity contribution in [3.8, 4) is 5.75 Å². The van der Waals surface area contributed by atoms with Crippen LogP contribution in [0.25, 0.3) is 0 Å². The average molecular weight is 355 g/mol. The Morgan fingerprint density at radius 3 is 2.48 bits per heavy atom. The molecule has 0 aromatic heterocycles. The molecule has 0 atom stereocenters. The van der Waals surface area contributed by atoms with Gasteiger partial charge < -0.3 is 14.5 Å². The van der Waals surface area contributed by atoms with Gasteiger partial charge in [-0.1, -0.05) is 0 Å². The maximum Gasteiger partial charge on any atom is 0.255 e. The van der Waals surface area contributed by atoms with Crippen LogP contribution in [0.3, 0.4) is 0 Å². The van der Waals surface area contributed by atoms with E-state index in [2.05, 4.69) is 15.9 Å². The zero-order valence-corrected chi connectivity index (χ0v) is 13.9. The van der Waals surface area contributed by atoms with E-state index in [9.17, 15) is 9.59 Å². The second-order valence-electron chi connectivity index (χ2n) is 5.00. The highest BCUT2D eigenvalue weighted by Gasteiger charge is 2.23. The maximum atomic E-state index is 12.7. The minimum Gasteiger partial charge on any atom is -0.497 e. The molecule has 21 heavy (non-hydrogen) atoms. The second kappa shape index (κ2) is 6.93. The molecule has 1 aliphatic rings. The van der Waals surface area contributed by atoms with Crippen LogP contribution in [-0.4, -0.2) is 54.9 Å². The maximum absolute atomic E-state index is 12.7. The fourth-order valence-electron chi connectivity index (χ4n) is 2.40. The number of carbonyl (C=O) groups is 2. The van der Waals surface area contributed by atoms with E-state index in [1.807, 2.05) is 6.07 Å². The molecule has 1 saturated heterocycles.